The molecule has 1 aromatic carbocycles. The van der Waals surface area contributed by atoms with Crippen LogP contribution in [0.25, 0.3) is 11.0 Å². The van der Waals surface area contributed by atoms with E-state index in [0.717, 1.165) is 26.6 Å². The van der Waals surface area contributed by atoms with Gasteiger partial charge in [-0.25, -0.2) is 4.79 Å². The first-order chi connectivity index (χ1) is 8.52. The van der Waals surface area contributed by atoms with Crippen molar-refractivity contribution in [1.82, 2.24) is 0 Å². The number of halogens is 1. The lowest BCUT2D eigenvalue weighted by Crippen LogP contribution is -2.11. The third-order valence-electron chi connectivity index (χ3n) is 2.80. The van der Waals surface area contributed by atoms with Crippen LogP contribution in [0, 0.1) is 6.92 Å². The second-order valence-electron chi connectivity index (χ2n) is 4.65. The lowest BCUT2D eigenvalue weighted by molar-refractivity contribution is 0.557. The van der Waals surface area contributed by atoms with Crippen molar-refractivity contribution in [2.75, 3.05) is 5.32 Å². The van der Waals surface area contributed by atoms with E-state index >= 15 is 0 Å². The molecule has 0 spiro atoms. The van der Waals surface area contributed by atoms with Crippen molar-refractivity contribution in [3.05, 3.63) is 39.7 Å². The normalized spacial score (nSPS) is 11.2. The van der Waals surface area contributed by atoms with Gasteiger partial charge in [0.25, 0.3) is 0 Å². The van der Waals surface area contributed by atoms with Crippen LogP contribution in [-0.2, 0) is 4.43 Å². The topological polar surface area (TPSA) is 42.2 Å². The molecule has 18 heavy (non-hydrogen) atoms. The molecule has 2 aromatic rings. The van der Waals surface area contributed by atoms with Crippen LogP contribution in [0.3, 0.4) is 0 Å². The highest BCUT2D eigenvalue weighted by molar-refractivity contribution is 14.1. The molecule has 96 valence electrons. The Morgan fingerprint density at radius 1 is 1.39 bits per heavy atom. The highest BCUT2D eigenvalue weighted by Gasteiger charge is 2.12. The second-order valence-corrected chi connectivity index (χ2v) is 5.41. The third kappa shape index (κ3) is 2.53. The van der Waals surface area contributed by atoms with E-state index in [2.05, 4.69) is 47.8 Å². The molecule has 0 amide bonds. The van der Waals surface area contributed by atoms with Crippen LogP contribution in [0.5, 0.6) is 0 Å². The molecule has 0 aliphatic heterocycles. The number of nitrogens with one attached hydrogen (secondary N) is 1. The molecule has 0 unspecified atom stereocenters. The van der Waals surface area contributed by atoms with E-state index in [0.29, 0.717) is 11.6 Å². The van der Waals surface area contributed by atoms with Crippen molar-refractivity contribution in [2.24, 2.45) is 0 Å². The molecule has 0 atom stereocenters. The van der Waals surface area contributed by atoms with Gasteiger partial charge in [0.15, 0.2) is 0 Å². The molecule has 0 fully saturated rings. The number of hydrogen-bond acceptors (Lipinski definition) is 3. The van der Waals surface area contributed by atoms with Gasteiger partial charge in [0, 0.05) is 33.2 Å². The average molecular weight is 357 g/mol. The minimum atomic E-state index is -0.284. The number of fused-ring (bicyclic) bond motifs is 1. The van der Waals surface area contributed by atoms with Crippen molar-refractivity contribution in [2.45, 2.75) is 31.2 Å². The van der Waals surface area contributed by atoms with E-state index in [1.165, 1.54) is 6.07 Å². The summed E-state index contributed by atoms with van der Waals surface area (Å²) in [5.74, 6) is 0. The number of rotatable bonds is 3. The van der Waals surface area contributed by atoms with Crippen LogP contribution in [0.15, 0.2) is 27.4 Å². The van der Waals surface area contributed by atoms with E-state index in [4.69, 9.17) is 4.42 Å². The minimum Gasteiger partial charge on any atom is -0.422 e. The summed E-state index contributed by atoms with van der Waals surface area (Å²) in [4.78, 5) is 11.5. The van der Waals surface area contributed by atoms with Gasteiger partial charge < -0.3 is 9.73 Å². The van der Waals surface area contributed by atoms with Crippen molar-refractivity contribution in [3.63, 3.8) is 0 Å². The van der Waals surface area contributed by atoms with E-state index in [9.17, 15) is 4.79 Å². The Morgan fingerprint density at radius 3 is 2.72 bits per heavy atom. The maximum atomic E-state index is 11.5. The predicted octanol–water partition coefficient (Wildman–Crippen LogP) is 3.86. The zero-order valence-corrected chi connectivity index (χ0v) is 12.9. The molecule has 1 aromatic heterocycles. The lowest BCUT2D eigenvalue weighted by atomic mass is 10.1. The Kier molecular flexibility index (Phi) is 3.94. The molecule has 0 bridgehead atoms. The number of anilines is 1. The van der Waals surface area contributed by atoms with Crippen molar-refractivity contribution in [1.29, 1.82) is 0 Å². The largest absolute Gasteiger partial charge is 0.422 e. The quantitative estimate of drug-likeness (QED) is 0.515. The van der Waals surface area contributed by atoms with Gasteiger partial charge in [0.2, 0.25) is 0 Å². The average Bonchev–Trinajstić information content (AvgIpc) is 2.27. The molecule has 1 heterocycles. The summed E-state index contributed by atoms with van der Waals surface area (Å²) in [5.41, 5.74) is 3.49. The van der Waals surface area contributed by atoms with Gasteiger partial charge in [-0.2, -0.15) is 0 Å². The van der Waals surface area contributed by atoms with Crippen molar-refractivity contribution in [3.8, 4) is 0 Å². The summed E-state index contributed by atoms with van der Waals surface area (Å²) >= 11 is 2.30. The van der Waals surface area contributed by atoms with Gasteiger partial charge in [-0.05, 0) is 38.5 Å². The predicted molar refractivity (Wildman–Crippen MR) is 83.7 cm³/mol. The second kappa shape index (κ2) is 5.30. The van der Waals surface area contributed by atoms with Crippen LogP contribution >= 0.6 is 22.6 Å². The molecule has 0 saturated carbocycles. The molecule has 0 aliphatic carbocycles. The van der Waals surface area contributed by atoms with Gasteiger partial charge in [-0.15, -0.1) is 0 Å². The monoisotopic (exact) mass is 357 g/mol. The van der Waals surface area contributed by atoms with Crippen molar-refractivity contribution < 1.29 is 4.42 Å². The first-order valence-electron chi connectivity index (χ1n) is 5.91. The fraction of sp³-hybridized carbons (Fsp3) is 0.357. The van der Waals surface area contributed by atoms with Gasteiger partial charge in [-0.1, -0.05) is 22.6 Å². The minimum absolute atomic E-state index is 0.284. The summed E-state index contributed by atoms with van der Waals surface area (Å²) in [6.07, 6.45) is 0. The lowest BCUT2D eigenvalue weighted by Gasteiger charge is -2.15. The Hall–Kier alpha value is -1.04. The van der Waals surface area contributed by atoms with Crippen LogP contribution in [-0.4, -0.2) is 6.04 Å². The molecule has 0 radical (unpaired) electrons. The van der Waals surface area contributed by atoms with Crippen LogP contribution in [0.1, 0.15) is 25.0 Å². The number of hydrogen-bond donors (Lipinski definition) is 1. The number of aryl methyl sites for hydroxylation is 1. The Balaban J connectivity index is 2.74. The molecule has 4 heteroatoms. The summed E-state index contributed by atoms with van der Waals surface area (Å²) < 4.78 is 6.19. The van der Waals surface area contributed by atoms with E-state index in [-0.39, 0.29) is 5.63 Å². The van der Waals surface area contributed by atoms with Gasteiger partial charge in [-0.3, -0.25) is 0 Å². The highest BCUT2D eigenvalue weighted by Crippen LogP contribution is 2.29. The Bertz CT molecular complexity index is 631. The summed E-state index contributed by atoms with van der Waals surface area (Å²) in [7, 11) is 0. The first kappa shape index (κ1) is 13.4. The fourth-order valence-electron chi connectivity index (χ4n) is 2.02. The molecule has 1 N–H and O–H groups in total. The van der Waals surface area contributed by atoms with E-state index < -0.39 is 0 Å². The molecular formula is C14H16INO2. The first-order valence-corrected chi connectivity index (χ1v) is 7.44. The van der Waals surface area contributed by atoms with Gasteiger partial charge in [0.05, 0.1) is 0 Å². The molecule has 0 aliphatic rings. The van der Waals surface area contributed by atoms with E-state index in [1.807, 2.05) is 13.0 Å². The van der Waals surface area contributed by atoms with Crippen molar-refractivity contribution >= 4 is 39.2 Å². The Morgan fingerprint density at radius 2 is 2.11 bits per heavy atom. The third-order valence-corrected chi connectivity index (χ3v) is 3.56. The fourth-order valence-corrected chi connectivity index (χ4v) is 2.78. The summed E-state index contributed by atoms with van der Waals surface area (Å²) in [6.45, 7) is 6.12. The maximum absolute atomic E-state index is 11.5. The summed E-state index contributed by atoms with van der Waals surface area (Å²) in [5, 5.41) is 4.40. The zero-order chi connectivity index (χ0) is 13.3. The van der Waals surface area contributed by atoms with Gasteiger partial charge in [0.1, 0.15) is 5.58 Å². The zero-order valence-electron chi connectivity index (χ0n) is 10.7. The van der Waals surface area contributed by atoms with Gasteiger partial charge >= 0.3 is 5.63 Å². The Labute approximate surface area is 120 Å². The molecule has 3 nitrogen and oxygen atoms in total. The smallest absolute Gasteiger partial charge is 0.336 e. The number of benzene rings is 1. The molecular weight excluding hydrogens is 341 g/mol. The SMILES string of the molecule is Cc1cc(=O)oc2c(CI)c(NC(C)C)ccc12. The van der Waals surface area contributed by atoms with Crippen LogP contribution in [0.2, 0.25) is 0 Å². The van der Waals surface area contributed by atoms with Crippen LogP contribution < -0.4 is 10.9 Å². The summed E-state index contributed by atoms with van der Waals surface area (Å²) in [6, 6.07) is 5.95. The molecule has 0 saturated heterocycles. The van der Waals surface area contributed by atoms with E-state index in [1.54, 1.807) is 0 Å². The maximum Gasteiger partial charge on any atom is 0.336 e. The molecule has 2 rings (SSSR count). The standard InChI is InChI=1S/C14H16INO2/c1-8(2)16-12-5-4-10-9(3)6-13(17)18-14(10)11(12)7-15/h4-6,8,16H,7H2,1-3H3. The number of alkyl halides is 1. The highest BCUT2D eigenvalue weighted by atomic mass is 127. The van der Waals surface area contributed by atoms with Crippen LogP contribution in [0.4, 0.5) is 5.69 Å².